The van der Waals surface area contributed by atoms with Crippen LogP contribution < -0.4 is 0 Å². The number of oxime groups is 1. The van der Waals surface area contributed by atoms with E-state index in [-0.39, 0.29) is 11.0 Å². The van der Waals surface area contributed by atoms with Crippen molar-refractivity contribution < 1.29 is 14.4 Å². The summed E-state index contributed by atoms with van der Waals surface area (Å²) in [5, 5.41) is 6.64. The van der Waals surface area contributed by atoms with Crippen molar-refractivity contribution in [2.75, 3.05) is 0 Å². The largest absolute Gasteiger partial charge is 0.341 e. The van der Waals surface area contributed by atoms with Crippen molar-refractivity contribution in [3.8, 4) is 0 Å². The minimum atomic E-state index is -0.428. The Morgan fingerprint density at radius 1 is 1.12 bits per heavy atom. The van der Waals surface area contributed by atoms with E-state index in [9.17, 15) is 9.59 Å². The van der Waals surface area contributed by atoms with E-state index in [1.807, 2.05) is 55.1 Å². The van der Waals surface area contributed by atoms with Gasteiger partial charge >= 0.3 is 5.97 Å². The molecule has 0 saturated carbocycles. The van der Waals surface area contributed by atoms with Gasteiger partial charge in [-0.2, -0.15) is 0 Å². The van der Waals surface area contributed by atoms with Crippen molar-refractivity contribution in [2.24, 2.45) is 5.16 Å². The molecule has 1 aromatic heterocycles. The average molecular weight is 471 g/mol. The molecular weight excluding hydrogens is 444 g/mol. The van der Waals surface area contributed by atoms with Crippen molar-refractivity contribution in [3.63, 3.8) is 0 Å². The van der Waals surface area contributed by atoms with Gasteiger partial charge in [0.2, 0.25) is 0 Å². The molecule has 5 rings (SSSR count). The number of aromatic nitrogens is 1. The highest BCUT2D eigenvalue weighted by molar-refractivity contribution is 8.00. The molecule has 2 heterocycles. The molecule has 1 aliphatic rings. The van der Waals surface area contributed by atoms with E-state index >= 15 is 0 Å². The molecule has 0 amide bonds. The summed E-state index contributed by atoms with van der Waals surface area (Å²) in [7, 11) is 0. The average Bonchev–Trinajstić information content (AvgIpc) is 3.15. The second-order valence-electron chi connectivity index (χ2n) is 8.71. The summed E-state index contributed by atoms with van der Waals surface area (Å²) >= 11 is 1.81. The first kappa shape index (κ1) is 22.4. The fourth-order valence-corrected chi connectivity index (χ4v) is 6.09. The van der Waals surface area contributed by atoms with Gasteiger partial charge in [0.1, 0.15) is 0 Å². The van der Waals surface area contributed by atoms with Gasteiger partial charge in [-0.15, -0.1) is 11.8 Å². The van der Waals surface area contributed by atoms with Crippen LogP contribution in [-0.4, -0.2) is 27.3 Å². The van der Waals surface area contributed by atoms with Gasteiger partial charge < -0.3 is 9.40 Å². The molecule has 34 heavy (non-hydrogen) atoms. The second kappa shape index (κ2) is 8.76. The molecule has 1 unspecified atom stereocenters. The number of hydrogen-bond donors (Lipinski definition) is 0. The number of benzene rings is 3. The summed E-state index contributed by atoms with van der Waals surface area (Å²) < 4.78 is 2.29. The molecule has 0 spiro atoms. The minimum Gasteiger partial charge on any atom is -0.341 e. The van der Waals surface area contributed by atoms with E-state index in [0.29, 0.717) is 5.56 Å². The lowest BCUT2D eigenvalue weighted by Gasteiger charge is -2.23. The van der Waals surface area contributed by atoms with Crippen molar-refractivity contribution in [3.05, 3.63) is 76.9 Å². The van der Waals surface area contributed by atoms with Crippen molar-refractivity contribution in [1.82, 2.24) is 4.57 Å². The molecular formula is C28H26N2O3S. The van der Waals surface area contributed by atoms with Crippen LogP contribution in [0, 0.1) is 6.92 Å². The van der Waals surface area contributed by atoms with E-state index in [1.165, 1.54) is 6.92 Å². The molecule has 4 aromatic rings. The number of ketones is 1. The minimum absolute atomic E-state index is 0.0281. The van der Waals surface area contributed by atoms with Gasteiger partial charge in [0.05, 0.1) is 11.2 Å². The van der Waals surface area contributed by atoms with Crippen molar-refractivity contribution >= 4 is 51.0 Å². The smallest absolute Gasteiger partial charge is 0.331 e. The van der Waals surface area contributed by atoms with Crippen LogP contribution in [0.2, 0.25) is 0 Å². The number of carbonyl (C=O) groups is 2. The Bertz CT molecular complexity index is 1500. The van der Waals surface area contributed by atoms with Crippen LogP contribution in [0.1, 0.15) is 54.2 Å². The molecule has 0 radical (unpaired) electrons. The SMILES string of the molecule is CCn1c2ccc(C(=O)c3ccccc3C)cc2c2c3c(ccc21)/C(=N/OC(C)=O)CC(C)S3. The van der Waals surface area contributed by atoms with E-state index in [2.05, 4.69) is 41.8 Å². The zero-order valence-electron chi connectivity index (χ0n) is 19.7. The highest BCUT2D eigenvalue weighted by Crippen LogP contribution is 2.44. The third kappa shape index (κ3) is 3.72. The number of carbonyl (C=O) groups excluding carboxylic acids is 2. The first-order valence-electron chi connectivity index (χ1n) is 11.5. The lowest BCUT2D eigenvalue weighted by molar-refractivity contribution is -0.140. The molecule has 0 fully saturated rings. The number of thioether (sulfide) groups is 1. The fraction of sp³-hybridized carbons (Fsp3) is 0.250. The second-order valence-corrected chi connectivity index (χ2v) is 10.2. The summed E-state index contributed by atoms with van der Waals surface area (Å²) in [6.07, 6.45) is 0.722. The van der Waals surface area contributed by atoms with Crippen LogP contribution >= 0.6 is 11.8 Å². The number of hydrogen-bond acceptors (Lipinski definition) is 5. The van der Waals surface area contributed by atoms with E-state index in [1.54, 1.807) is 0 Å². The van der Waals surface area contributed by atoms with Gasteiger partial charge in [-0.05, 0) is 49.7 Å². The van der Waals surface area contributed by atoms with Gasteiger partial charge in [0.15, 0.2) is 5.78 Å². The third-order valence-corrected chi connectivity index (χ3v) is 7.58. The standard InChI is InChI=1S/C28H26N2O3S/c1-5-30-24-12-10-19(27(32)20-9-7-6-8-16(20)2)15-22(24)26-25(30)13-11-21-23(29-33-18(4)31)14-17(3)34-28(21)26/h6-13,15,17H,5,14H2,1-4H3/b29-23+. The maximum absolute atomic E-state index is 13.4. The molecule has 0 bridgehead atoms. The Morgan fingerprint density at radius 2 is 1.88 bits per heavy atom. The van der Waals surface area contributed by atoms with Gasteiger partial charge in [-0.3, -0.25) is 4.79 Å². The van der Waals surface area contributed by atoms with E-state index in [0.717, 1.165) is 62.1 Å². The maximum atomic E-state index is 13.4. The Balaban J connectivity index is 1.76. The quantitative estimate of drug-likeness (QED) is 0.194. The zero-order valence-corrected chi connectivity index (χ0v) is 20.5. The molecule has 0 saturated heterocycles. The van der Waals surface area contributed by atoms with E-state index in [4.69, 9.17) is 4.84 Å². The fourth-order valence-electron chi connectivity index (χ4n) is 4.80. The number of fused-ring (bicyclic) bond motifs is 5. The van der Waals surface area contributed by atoms with E-state index < -0.39 is 5.97 Å². The maximum Gasteiger partial charge on any atom is 0.331 e. The third-order valence-electron chi connectivity index (χ3n) is 6.35. The summed E-state index contributed by atoms with van der Waals surface area (Å²) in [6, 6.07) is 17.9. The van der Waals surface area contributed by atoms with Crippen molar-refractivity contribution in [2.45, 2.75) is 50.8 Å². The van der Waals surface area contributed by atoms with Crippen LogP contribution in [-0.2, 0) is 16.2 Å². The van der Waals surface area contributed by atoms with Gasteiger partial charge in [0, 0.05) is 63.0 Å². The monoisotopic (exact) mass is 470 g/mol. The Hall–Kier alpha value is -3.38. The normalized spacial score (nSPS) is 16.7. The number of nitrogens with zero attached hydrogens (tertiary/aromatic N) is 2. The van der Waals surface area contributed by atoms with Gasteiger partial charge in [-0.1, -0.05) is 36.3 Å². The van der Waals surface area contributed by atoms with Crippen LogP contribution in [0.25, 0.3) is 21.8 Å². The number of aryl methyl sites for hydroxylation is 2. The highest BCUT2D eigenvalue weighted by atomic mass is 32.2. The Labute approximate surface area is 202 Å². The predicted octanol–water partition coefficient (Wildman–Crippen LogP) is 6.51. The van der Waals surface area contributed by atoms with Gasteiger partial charge in [0.25, 0.3) is 0 Å². The summed E-state index contributed by atoms with van der Waals surface area (Å²) in [5.74, 6) is -0.400. The summed E-state index contributed by atoms with van der Waals surface area (Å²) in [4.78, 5) is 30.9. The Morgan fingerprint density at radius 3 is 2.62 bits per heavy atom. The zero-order chi connectivity index (χ0) is 24.0. The molecule has 1 aliphatic heterocycles. The van der Waals surface area contributed by atoms with Crippen LogP contribution in [0.3, 0.4) is 0 Å². The van der Waals surface area contributed by atoms with Crippen LogP contribution in [0.15, 0.2) is 64.6 Å². The lowest BCUT2D eigenvalue weighted by Crippen LogP contribution is -2.17. The van der Waals surface area contributed by atoms with Crippen LogP contribution in [0.4, 0.5) is 0 Å². The van der Waals surface area contributed by atoms with Crippen molar-refractivity contribution in [1.29, 1.82) is 0 Å². The van der Waals surface area contributed by atoms with Gasteiger partial charge in [-0.25, -0.2) is 4.79 Å². The summed E-state index contributed by atoms with van der Waals surface area (Å²) in [5.41, 5.74) is 6.37. The Kier molecular flexibility index (Phi) is 5.78. The highest BCUT2D eigenvalue weighted by Gasteiger charge is 2.27. The molecule has 0 N–H and O–H groups in total. The molecule has 6 heteroatoms. The predicted molar refractivity (Wildman–Crippen MR) is 138 cm³/mol. The lowest BCUT2D eigenvalue weighted by atomic mass is 9.97. The topological polar surface area (TPSA) is 60.7 Å². The van der Waals surface area contributed by atoms with Crippen LogP contribution in [0.5, 0.6) is 0 Å². The molecule has 5 nitrogen and oxygen atoms in total. The summed E-state index contributed by atoms with van der Waals surface area (Å²) in [6.45, 7) is 8.43. The molecule has 3 aromatic carbocycles. The molecule has 172 valence electrons. The first-order chi connectivity index (χ1) is 16.4. The first-order valence-corrected chi connectivity index (χ1v) is 12.4. The molecule has 1 atom stereocenters. The number of rotatable bonds is 4. The molecule has 0 aliphatic carbocycles.